The van der Waals surface area contributed by atoms with Gasteiger partial charge in [0.05, 0.1) is 11.9 Å². The maximum absolute atomic E-state index is 12.1. The summed E-state index contributed by atoms with van der Waals surface area (Å²) in [6.45, 7) is 2.02. The van der Waals surface area contributed by atoms with Gasteiger partial charge in [-0.1, -0.05) is 0 Å². The fraction of sp³-hybridized carbons (Fsp3) is 0.133. The lowest BCUT2D eigenvalue weighted by molar-refractivity contribution is 0.300. The van der Waals surface area contributed by atoms with E-state index in [0.29, 0.717) is 23.0 Å². The van der Waals surface area contributed by atoms with Crippen molar-refractivity contribution in [2.45, 2.75) is 13.5 Å². The molecular weight excluding hydrogens is 270 g/mol. The van der Waals surface area contributed by atoms with E-state index in [9.17, 15) is 4.79 Å². The second-order valence-corrected chi connectivity index (χ2v) is 4.43. The molecule has 3 aromatic heterocycles. The van der Waals surface area contributed by atoms with Crippen molar-refractivity contribution in [1.82, 2.24) is 14.5 Å². The van der Waals surface area contributed by atoms with Crippen LogP contribution in [0, 0.1) is 6.92 Å². The van der Waals surface area contributed by atoms with Gasteiger partial charge >= 0.3 is 0 Å². The molecule has 6 nitrogen and oxygen atoms in total. The molecule has 21 heavy (non-hydrogen) atoms. The molecule has 0 aliphatic carbocycles. The van der Waals surface area contributed by atoms with E-state index in [4.69, 9.17) is 9.15 Å². The fourth-order valence-electron chi connectivity index (χ4n) is 1.89. The van der Waals surface area contributed by atoms with E-state index in [1.807, 2.05) is 6.07 Å². The Balaban J connectivity index is 1.77. The summed E-state index contributed by atoms with van der Waals surface area (Å²) >= 11 is 0. The number of aromatic nitrogens is 3. The number of nitrogens with zero attached hydrogens (tertiary/aromatic N) is 3. The lowest BCUT2D eigenvalue weighted by Crippen LogP contribution is -2.16. The zero-order chi connectivity index (χ0) is 14.7. The number of rotatable bonds is 4. The third-order valence-corrected chi connectivity index (χ3v) is 2.87. The Morgan fingerprint density at radius 1 is 1.38 bits per heavy atom. The summed E-state index contributed by atoms with van der Waals surface area (Å²) in [5, 5.41) is 0. The SMILES string of the molecule is Cc1nc(COc2ccn(-c3cccnc3)c(=O)c2)co1. The Morgan fingerprint density at radius 3 is 2.95 bits per heavy atom. The minimum atomic E-state index is -0.183. The first kappa shape index (κ1) is 13.1. The van der Waals surface area contributed by atoms with Gasteiger partial charge in [-0.25, -0.2) is 4.98 Å². The van der Waals surface area contributed by atoms with E-state index in [1.165, 1.54) is 16.9 Å². The summed E-state index contributed by atoms with van der Waals surface area (Å²) in [6.07, 6.45) is 6.47. The third kappa shape index (κ3) is 3.00. The van der Waals surface area contributed by atoms with Crippen LogP contribution in [0.25, 0.3) is 5.69 Å². The lowest BCUT2D eigenvalue weighted by atomic mass is 10.3. The highest BCUT2D eigenvalue weighted by molar-refractivity contribution is 5.30. The van der Waals surface area contributed by atoms with Crippen LogP contribution in [0.3, 0.4) is 0 Å². The van der Waals surface area contributed by atoms with Crippen molar-refractivity contribution >= 4 is 0 Å². The Kier molecular flexibility index (Phi) is 3.51. The zero-order valence-electron chi connectivity index (χ0n) is 11.4. The molecule has 0 atom stereocenters. The van der Waals surface area contributed by atoms with Crippen LogP contribution in [-0.4, -0.2) is 14.5 Å². The molecule has 3 heterocycles. The van der Waals surface area contributed by atoms with Gasteiger partial charge in [0.1, 0.15) is 24.3 Å². The quantitative estimate of drug-likeness (QED) is 0.733. The number of ether oxygens (including phenoxy) is 1. The van der Waals surface area contributed by atoms with Gasteiger partial charge in [0.2, 0.25) is 0 Å². The molecular formula is C15H13N3O3. The first-order chi connectivity index (χ1) is 10.2. The van der Waals surface area contributed by atoms with Gasteiger partial charge in [-0.15, -0.1) is 0 Å². The third-order valence-electron chi connectivity index (χ3n) is 2.87. The molecule has 0 bridgehead atoms. The summed E-state index contributed by atoms with van der Waals surface area (Å²) in [4.78, 5) is 20.2. The molecule has 0 saturated carbocycles. The molecule has 0 aliphatic rings. The maximum atomic E-state index is 12.1. The van der Waals surface area contributed by atoms with Crippen LogP contribution in [0.5, 0.6) is 5.75 Å². The van der Waals surface area contributed by atoms with E-state index in [-0.39, 0.29) is 12.2 Å². The molecule has 0 fully saturated rings. The van der Waals surface area contributed by atoms with Crippen molar-refractivity contribution in [3.8, 4) is 11.4 Å². The van der Waals surface area contributed by atoms with Crippen LogP contribution in [0.2, 0.25) is 0 Å². The molecule has 0 amide bonds. The lowest BCUT2D eigenvalue weighted by Gasteiger charge is -2.07. The van der Waals surface area contributed by atoms with Crippen LogP contribution in [-0.2, 0) is 6.61 Å². The monoisotopic (exact) mass is 283 g/mol. The van der Waals surface area contributed by atoms with Crippen molar-refractivity contribution < 1.29 is 9.15 Å². The second-order valence-electron chi connectivity index (χ2n) is 4.43. The van der Waals surface area contributed by atoms with Gasteiger partial charge in [-0.05, 0) is 18.2 Å². The van der Waals surface area contributed by atoms with Gasteiger partial charge in [0, 0.05) is 25.4 Å². The Bertz CT molecular complexity index is 793. The minimum Gasteiger partial charge on any atom is -0.487 e. The van der Waals surface area contributed by atoms with Crippen molar-refractivity contribution in [2.24, 2.45) is 0 Å². The van der Waals surface area contributed by atoms with Crippen LogP contribution in [0.15, 0.2) is 58.3 Å². The summed E-state index contributed by atoms with van der Waals surface area (Å²) in [6, 6.07) is 6.74. The maximum Gasteiger partial charge on any atom is 0.258 e. The molecule has 0 saturated heterocycles. The smallest absolute Gasteiger partial charge is 0.258 e. The van der Waals surface area contributed by atoms with E-state index in [2.05, 4.69) is 9.97 Å². The normalized spacial score (nSPS) is 10.5. The van der Waals surface area contributed by atoms with Gasteiger partial charge in [0.25, 0.3) is 5.56 Å². The first-order valence-corrected chi connectivity index (χ1v) is 6.39. The zero-order valence-corrected chi connectivity index (χ0v) is 11.4. The van der Waals surface area contributed by atoms with Crippen LogP contribution in [0.4, 0.5) is 0 Å². The average molecular weight is 283 g/mol. The first-order valence-electron chi connectivity index (χ1n) is 6.39. The van der Waals surface area contributed by atoms with Gasteiger partial charge in [-0.2, -0.15) is 0 Å². The van der Waals surface area contributed by atoms with Gasteiger partial charge in [0.15, 0.2) is 5.89 Å². The molecule has 3 rings (SSSR count). The number of aryl methyl sites for hydroxylation is 1. The largest absolute Gasteiger partial charge is 0.487 e. The predicted molar refractivity (Wildman–Crippen MR) is 75.4 cm³/mol. The molecule has 0 unspecified atom stereocenters. The molecule has 106 valence electrons. The van der Waals surface area contributed by atoms with Crippen molar-refractivity contribution in [3.63, 3.8) is 0 Å². The predicted octanol–water partition coefficient (Wildman–Crippen LogP) is 2.11. The standard InChI is InChI=1S/C15H13N3O3/c1-11-17-12(9-20-11)10-21-14-4-6-18(15(19)7-14)13-3-2-5-16-8-13/h2-9H,10H2,1H3. The van der Waals surface area contributed by atoms with Crippen molar-refractivity contribution in [1.29, 1.82) is 0 Å². The van der Waals surface area contributed by atoms with Crippen molar-refractivity contribution in [3.05, 3.63) is 71.1 Å². The minimum absolute atomic E-state index is 0.183. The Morgan fingerprint density at radius 2 is 2.29 bits per heavy atom. The van der Waals surface area contributed by atoms with Crippen molar-refractivity contribution in [2.75, 3.05) is 0 Å². The highest BCUT2D eigenvalue weighted by Crippen LogP contribution is 2.11. The molecule has 0 radical (unpaired) electrons. The number of hydrogen-bond donors (Lipinski definition) is 0. The van der Waals surface area contributed by atoms with Crippen LogP contribution in [0.1, 0.15) is 11.6 Å². The summed E-state index contributed by atoms with van der Waals surface area (Å²) in [7, 11) is 0. The molecule has 0 spiro atoms. The second kappa shape index (κ2) is 5.62. The fourth-order valence-corrected chi connectivity index (χ4v) is 1.89. The Labute approximate surface area is 120 Å². The molecule has 0 N–H and O–H groups in total. The van der Waals surface area contributed by atoms with Crippen LogP contribution >= 0.6 is 0 Å². The molecule has 0 aromatic carbocycles. The molecule has 3 aromatic rings. The van der Waals surface area contributed by atoms with E-state index in [0.717, 1.165) is 0 Å². The molecule has 0 aliphatic heterocycles. The number of oxazole rings is 1. The number of pyridine rings is 2. The van der Waals surface area contributed by atoms with E-state index < -0.39 is 0 Å². The summed E-state index contributed by atoms with van der Waals surface area (Å²) < 4.78 is 12.1. The average Bonchev–Trinajstić information content (AvgIpc) is 2.92. The molecule has 6 heteroatoms. The topological polar surface area (TPSA) is 70.2 Å². The highest BCUT2D eigenvalue weighted by Gasteiger charge is 2.04. The summed E-state index contributed by atoms with van der Waals surface area (Å²) in [5.74, 6) is 1.07. The highest BCUT2D eigenvalue weighted by atomic mass is 16.5. The van der Waals surface area contributed by atoms with E-state index >= 15 is 0 Å². The van der Waals surface area contributed by atoms with Gasteiger partial charge < -0.3 is 9.15 Å². The summed E-state index contributed by atoms with van der Waals surface area (Å²) in [5.41, 5.74) is 1.21. The Hall–Kier alpha value is -2.89. The van der Waals surface area contributed by atoms with Crippen LogP contribution < -0.4 is 10.3 Å². The van der Waals surface area contributed by atoms with E-state index in [1.54, 1.807) is 37.6 Å². The van der Waals surface area contributed by atoms with Gasteiger partial charge in [-0.3, -0.25) is 14.3 Å². The number of hydrogen-bond acceptors (Lipinski definition) is 5.